The molecule has 1 aromatic heterocycles. The molecule has 23 heavy (non-hydrogen) atoms. The maximum absolute atomic E-state index is 12.2. The molecule has 1 fully saturated rings. The van der Waals surface area contributed by atoms with Crippen LogP contribution in [0.15, 0.2) is 54.7 Å². The lowest BCUT2D eigenvalue weighted by molar-refractivity contribution is 0.0940. The Morgan fingerprint density at radius 2 is 2.00 bits per heavy atom. The lowest BCUT2D eigenvalue weighted by Gasteiger charge is -2.11. The number of rotatable bonds is 3. The first-order valence-corrected chi connectivity index (χ1v) is 7.86. The zero-order valence-electron chi connectivity index (χ0n) is 12.7. The van der Waals surface area contributed by atoms with E-state index in [9.17, 15) is 4.79 Å². The Morgan fingerprint density at radius 3 is 2.74 bits per heavy atom. The summed E-state index contributed by atoms with van der Waals surface area (Å²) >= 11 is 0. The van der Waals surface area contributed by atoms with Gasteiger partial charge in [-0.2, -0.15) is 5.10 Å². The number of benzene rings is 2. The van der Waals surface area contributed by atoms with Gasteiger partial charge in [0.1, 0.15) is 0 Å². The molecule has 0 aliphatic carbocycles. The van der Waals surface area contributed by atoms with Crippen molar-refractivity contribution >= 4 is 16.8 Å². The largest absolute Gasteiger partial charge is 0.348 e. The molecule has 0 unspecified atom stereocenters. The van der Waals surface area contributed by atoms with Gasteiger partial charge in [-0.1, -0.05) is 18.2 Å². The Hall–Kier alpha value is -2.66. The lowest BCUT2D eigenvalue weighted by atomic mass is 10.1. The Kier molecular flexibility index (Phi) is 3.55. The molecule has 1 atom stereocenters. The van der Waals surface area contributed by atoms with Gasteiger partial charge in [0.05, 0.1) is 11.2 Å². The zero-order valence-corrected chi connectivity index (χ0v) is 12.7. The number of carbonyl (C=O) groups is 1. The van der Waals surface area contributed by atoms with Crippen molar-refractivity contribution in [2.24, 2.45) is 0 Å². The molecule has 5 nitrogen and oxygen atoms in total. The quantitative estimate of drug-likeness (QED) is 0.779. The predicted molar refractivity (Wildman–Crippen MR) is 89.8 cm³/mol. The highest BCUT2D eigenvalue weighted by atomic mass is 16.1. The Morgan fingerprint density at radius 1 is 1.17 bits per heavy atom. The number of amides is 1. The van der Waals surface area contributed by atoms with Gasteiger partial charge in [-0.15, -0.1) is 0 Å². The average Bonchev–Trinajstić information content (AvgIpc) is 3.24. The number of hydrogen-bond donors (Lipinski definition) is 2. The van der Waals surface area contributed by atoms with Gasteiger partial charge in [-0.05, 0) is 43.3 Å². The highest BCUT2D eigenvalue weighted by Crippen LogP contribution is 2.16. The number of fused-ring (bicyclic) bond motifs is 1. The SMILES string of the molecule is O=C(N[C@@H]1CCNC1)c1ccc(-n2cc3ccccc3n2)cc1. The first kappa shape index (κ1) is 14.0. The summed E-state index contributed by atoms with van der Waals surface area (Å²) < 4.78 is 1.84. The van der Waals surface area contributed by atoms with Crippen LogP contribution in [0.1, 0.15) is 16.8 Å². The fourth-order valence-electron chi connectivity index (χ4n) is 2.91. The Balaban J connectivity index is 1.54. The van der Waals surface area contributed by atoms with Gasteiger partial charge in [0.15, 0.2) is 0 Å². The molecule has 0 radical (unpaired) electrons. The van der Waals surface area contributed by atoms with Crippen molar-refractivity contribution in [1.29, 1.82) is 0 Å². The molecule has 2 heterocycles. The molecular formula is C18H18N4O. The maximum Gasteiger partial charge on any atom is 0.251 e. The highest BCUT2D eigenvalue weighted by Gasteiger charge is 2.17. The number of nitrogens with one attached hydrogen (secondary N) is 2. The van der Waals surface area contributed by atoms with E-state index in [1.54, 1.807) is 0 Å². The second-order valence-electron chi connectivity index (χ2n) is 5.84. The number of carbonyl (C=O) groups excluding carboxylic acids is 1. The van der Waals surface area contributed by atoms with Crippen LogP contribution in [0.25, 0.3) is 16.6 Å². The molecule has 1 amide bonds. The van der Waals surface area contributed by atoms with Gasteiger partial charge in [-0.3, -0.25) is 4.79 Å². The molecule has 1 aliphatic rings. The molecule has 1 aliphatic heterocycles. The van der Waals surface area contributed by atoms with E-state index in [2.05, 4.69) is 15.7 Å². The zero-order chi connectivity index (χ0) is 15.6. The molecule has 116 valence electrons. The normalized spacial score (nSPS) is 17.5. The van der Waals surface area contributed by atoms with Gasteiger partial charge in [0.2, 0.25) is 0 Å². The fraction of sp³-hybridized carbons (Fsp3) is 0.222. The highest BCUT2D eigenvalue weighted by molar-refractivity contribution is 5.94. The van der Waals surface area contributed by atoms with E-state index in [0.717, 1.165) is 36.1 Å². The summed E-state index contributed by atoms with van der Waals surface area (Å²) in [7, 11) is 0. The van der Waals surface area contributed by atoms with E-state index in [-0.39, 0.29) is 11.9 Å². The molecule has 0 spiro atoms. The van der Waals surface area contributed by atoms with E-state index < -0.39 is 0 Å². The molecule has 0 bridgehead atoms. The summed E-state index contributed by atoms with van der Waals surface area (Å²) in [5, 5.41) is 11.9. The van der Waals surface area contributed by atoms with Crippen molar-refractivity contribution in [3.63, 3.8) is 0 Å². The third-order valence-electron chi connectivity index (χ3n) is 4.20. The van der Waals surface area contributed by atoms with Crippen molar-refractivity contribution in [1.82, 2.24) is 20.4 Å². The third-order valence-corrected chi connectivity index (χ3v) is 4.20. The summed E-state index contributed by atoms with van der Waals surface area (Å²) in [6.45, 7) is 1.82. The van der Waals surface area contributed by atoms with Crippen LogP contribution in [-0.4, -0.2) is 34.8 Å². The average molecular weight is 306 g/mol. The predicted octanol–water partition coefficient (Wildman–Crippen LogP) is 2.12. The lowest BCUT2D eigenvalue weighted by Crippen LogP contribution is -2.36. The number of nitrogens with zero attached hydrogens (tertiary/aromatic N) is 2. The third kappa shape index (κ3) is 2.83. The number of aromatic nitrogens is 2. The number of hydrogen-bond acceptors (Lipinski definition) is 3. The van der Waals surface area contributed by atoms with E-state index in [1.165, 1.54) is 0 Å². The fourth-order valence-corrected chi connectivity index (χ4v) is 2.91. The molecule has 2 N–H and O–H groups in total. The monoisotopic (exact) mass is 306 g/mol. The minimum absolute atomic E-state index is 0.0177. The van der Waals surface area contributed by atoms with Crippen LogP contribution in [-0.2, 0) is 0 Å². The molecule has 4 rings (SSSR count). The Bertz CT molecular complexity index is 799. The molecule has 5 heteroatoms. The van der Waals surface area contributed by atoms with Gasteiger partial charge < -0.3 is 10.6 Å². The molecule has 3 aromatic rings. The van der Waals surface area contributed by atoms with Crippen LogP contribution in [0.2, 0.25) is 0 Å². The summed E-state index contributed by atoms with van der Waals surface area (Å²) in [5.41, 5.74) is 2.58. The topological polar surface area (TPSA) is 59.0 Å². The minimum atomic E-state index is -0.0177. The second-order valence-corrected chi connectivity index (χ2v) is 5.84. The van der Waals surface area contributed by atoms with Crippen LogP contribution in [0.5, 0.6) is 0 Å². The van der Waals surface area contributed by atoms with Crippen LogP contribution in [0.4, 0.5) is 0 Å². The standard InChI is InChI=1S/C18H18N4O/c23-18(20-15-9-10-19-11-15)13-5-7-16(8-6-13)22-12-14-3-1-2-4-17(14)21-22/h1-8,12,15,19H,9-11H2,(H,20,23)/t15-/m1/s1. The van der Waals surface area contributed by atoms with Crippen molar-refractivity contribution < 1.29 is 4.79 Å². The van der Waals surface area contributed by atoms with Crippen LogP contribution >= 0.6 is 0 Å². The smallest absolute Gasteiger partial charge is 0.251 e. The Labute approximate surface area is 134 Å². The minimum Gasteiger partial charge on any atom is -0.348 e. The van der Waals surface area contributed by atoms with E-state index in [4.69, 9.17) is 0 Å². The van der Waals surface area contributed by atoms with Crippen molar-refractivity contribution in [3.8, 4) is 5.69 Å². The summed E-state index contributed by atoms with van der Waals surface area (Å²) in [6, 6.07) is 15.8. The van der Waals surface area contributed by atoms with E-state index in [0.29, 0.717) is 5.56 Å². The van der Waals surface area contributed by atoms with Gasteiger partial charge in [0, 0.05) is 29.7 Å². The van der Waals surface area contributed by atoms with Crippen molar-refractivity contribution in [2.45, 2.75) is 12.5 Å². The molecule has 1 saturated heterocycles. The van der Waals surface area contributed by atoms with Crippen molar-refractivity contribution in [3.05, 3.63) is 60.3 Å². The van der Waals surface area contributed by atoms with E-state index >= 15 is 0 Å². The summed E-state index contributed by atoms with van der Waals surface area (Å²) in [5.74, 6) is -0.0177. The first-order valence-electron chi connectivity index (χ1n) is 7.86. The van der Waals surface area contributed by atoms with Crippen molar-refractivity contribution in [2.75, 3.05) is 13.1 Å². The van der Waals surface area contributed by atoms with Crippen LogP contribution in [0.3, 0.4) is 0 Å². The molecule has 0 saturated carbocycles. The van der Waals surface area contributed by atoms with Gasteiger partial charge in [-0.25, -0.2) is 4.68 Å². The van der Waals surface area contributed by atoms with Crippen LogP contribution < -0.4 is 10.6 Å². The maximum atomic E-state index is 12.2. The van der Waals surface area contributed by atoms with E-state index in [1.807, 2.05) is 59.4 Å². The first-order chi connectivity index (χ1) is 11.3. The molecule has 2 aromatic carbocycles. The van der Waals surface area contributed by atoms with Gasteiger partial charge in [0.25, 0.3) is 5.91 Å². The summed E-state index contributed by atoms with van der Waals surface area (Å²) in [4.78, 5) is 12.2. The summed E-state index contributed by atoms with van der Waals surface area (Å²) in [6.07, 6.45) is 2.98. The molecular weight excluding hydrogens is 288 g/mol. The second kappa shape index (κ2) is 5.85. The van der Waals surface area contributed by atoms with Gasteiger partial charge >= 0.3 is 0 Å². The van der Waals surface area contributed by atoms with Crippen LogP contribution in [0, 0.1) is 0 Å².